The van der Waals surface area contributed by atoms with Crippen molar-refractivity contribution < 1.29 is 0 Å². The SMILES string of the molecule is CCC1CNC(C2CC2)CN1C1CCC(C)C1. The molecule has 0 aromatic rings. The van der Waals surface area contributed by atoms with Crippen LogP contribution >= 0.6 is 0 Å². The predicted molar refractivity (Wildman–Crippen MR) is 72.1 cm³/mol. The number of hydrogen-bond acceptors (Lipinski definition) is 2. The van der Waals surface area contributed by atoms with Gasteiger partial charge in [-0.05, 0) is 50.4 Å². The fourth-order valence-electron chi connectivity index (χ4n) is 3.96. The third-order valence-corrected chi connectivity index (χ3v) is 5.29. The van der Waals surface area contributed by atoms with Crippen molar-refractivity contribution in [3.63, 3.8) is 0 Å². The third kappa shape index (κ3) is 2.53. The van der Waals surface area contributed by atoms with Crippen LogP contribution in [0.15, 0.2) is 0 Å². The fraction of sp³-hybridized carbons (Fsp3) is 1.00. The van der Waals surface area contributed by atoms with E-state index in [4.69, 9.17) is 0 Å². The molecule has 1 N–H and O–H groups in total. The Morgan fingerprint density at radius 2 is 2.00 bits per heavy atom. The Bertz CT molecular complexity index is 262. The second kappa shape index (κ2) is 4.89. The molecule has 2 aliphatic carbocycles. The quantitative estimate of drug-likeness (QED) is 0.810. The maximum atomic E-state index is 3.81. The average molecular weight is 236 g/mol. The number of rotatable bonds is 3. The van der Waals surface area contributed by atoms with Gasteiger partial charge in [-0.15, -0.1) is 0 Å². The molecule has 4 unspecified atom stereocenters. The second-order valence-electron chi connectivity index (χ2n) is 6.68. The van der Waals surface area contributed by atoms with Gasteiger partial charge in [0.1, 0.15) is 0 Å². The van der Waals surface area contributed by atoms with Crippen LogP contribution in [-0.2, 0) is 0 Å². The van der Waals surface area contributed by atoms with Crippen molar-refractivity contribution in [3.05, 3.63) is 0 Å². The van der Waals surface area contributed by atoms with Gasteiger partial charge in [-0.1, -0.05) is 13.8 Å². The molecule has 0 amide bonds. The largest absolute Gasteiger partial charge is 0.311 e. The van der Waals surface area contributed by atoms with E-state index in [2.05, 4.69) is 24.1 Å². The highest BCUT2D eigenvalue weighted by molar-refractivity contribution is 4.97. The molecule has 3 fully saturated rings. The predicted octanol–water partition coefficient (Wildman–Crippen LogP) is 2.64. The smallest absolute Gasteiger partial charge is 0.0224 e. The van der Waals surface area contributed by atoms with Crippen molar-refractivity contribution in [2.75, 3.05) is 13.1 Å². The Morgan fingerprint density at radius 1 is 1.18 bits per heavy atom. The summed E-state index contributed by atoms with van der Waals surface area (Å²) in [5.41, 5.74) is 0. The minimum Gasteiger partial charge on any atom is -0.311 e. The van der Waals surface area contributed by atoms with Crippen LogP contribution in [0.4, 0.5) is 0 Å². The summed E-state index contributed by atoms with van der Waals surface area (Å²) in [6, 6.07) is 2.52. The highest BCUT2D eigenvalue weighted by Crippen LogP contribution is 2.37. The number of hydrogen-bond donors (Lipinski definition) is 1. The maximum Gasteiger partial charge on any atom is 0.0224 e. The van der Waals surface area contributed by atoms with Gasteiger partial charge in [0.2, 0.25) is 0 Å². The zero-order chi connectivity index (χ0) is 11.8. The summed E-state index contributed by atoms with van der Waals surface area (Å²) < 4.78 is 0. The van der Waals surface area contributed by atoms with E-state index < -0.39 is 0 Å². The van der Waals surface area contributed by atoms with E-state index >= 15 is 0 Å². The highest BCUT2D eigenvalue weighted by atomic mass is 15.3. The fourth-order valence-corrected chi connectivity index (χ4v) is 3.96. The molecule has 2 saturated carbocycles. The molecule has 0 aromatic heterocycles. The molecule has 98 valence electrons. The summed E-state index contributed by atoms with van der Waals surface area (Å²) in [6.45, 7) is 7.36. The van der Waals surface area contributed by atoms with Gasteiger partial charge in [0.05, 0.1) is 0 Å². The average Bonchev–Trinajstić information content (AvgIpc) is 3.11. The molecule has 3 aliphatic rings. The van der Waals surface area contributed by atoms with Crippen LogP contribution in [0.5, 0.6) is 0 Å². The van der Waals surface area contributed by atoms with Crippen LogP contribution in [0.3, 0.4) is 0 Å². The van der Waals surface area contributed by atoms with Gasteiger partial charge in [-0.25, -0.2) is 0 Å². The van der Waals surface area contributed by atoms with E-state index in [9.17, 15) is 0 Å². The Hall–Kier alpha value is -0.0800. The van der Waals surface area contributed by atoms with E-state index in [1.807, 2.05) is 0 Å². The first-order valence-corrected chi connectivity index (χ1v) is 7.77. The van der Waals surface area contributed by atoms with Crippen molar-refractivity contribution in [1.29, 1.82) is 0 Å². The highest BCUT2D eigenvalue weighted by Gasteiger charge is 2.40. The topological polar surface area (TPSA) is 15.3 Å². The summed E-state index contributed by atoms with van der Waals surface area (Å²) in [7, 11) is 0. The molecular weight excluding hydrogens is 208 g/mol. The van der Waals surface area contributed by atoms with Crippen LogP contribution in [0.2, 0.25) is 0 Å². The first-order valence-electron chi connectivity index (χ1n) is 7.77. The molecule has 0 spiro atoms. The van der Waals surface area contributed by atoms with E-state index in [1.54, 1.807) is 0 Å². The Morgan fingerprint density at radius 3 is 2.59 bits per heavy atom. The molecule has 1 heterocycles. The van der Waals surface area contributed by atoms with Crippen molar-refractivity contribution in [2.24, 2.45) is 11.8 Å². The summed E-state index contributed by atoms with van der Waals surface area (Å²) >= 11 is 0. The van der Waals surface area contributed by atoms with Crippen LogP contribution in [-0.4, -0.2) is 36.1 Å². The van der Waals surface area contributed by atoms with Gasteiger partial charge < -0.3 is 5.32 Å². The minimum atomic E-state index is 0.806. The molecule has 17 heavy (non-hydrogen) atoms. The molecule has 1 aliphatic heterocycles. The maximum absolute atomic E-state index is 3.81. The molecule has 0 bridgehead atoms. The second-order valence-corrected chi connectivity index (χ2v) is 6.68. The summed E-state index contributed by atoms with van der Waals surface area (Å²) in [5, 5.41) is 3.81. The standard InChI is InChI=1S/C15H28N2/c1-3-13-9-16-15(12-5-6-12)10-17(13)14-7-4-11(2)8-14/h11-16H,3-10H2,1-2H3. The summed E-state index contributed by atoms with van der Waals surface area (Å²) in [6.07, 6.45) is 8.63. The molecule has 2 nitrogen and oxygen atoms in total. The normalized spacial score (nSPS) is 44.1. The van der Waals surface area contributed by atoms with Gasteiger partial charge >= 0.3 is 0 Å². The van der Waals surface area contributed by atoms with Gasteiger partial charge in [0, 0.05) is 31.2 Å². The molecule has 0 aromatic carbocycles. The minimum absolute atomic E-state index is 0.806. The lowest BCUT2D eigenvalue weighted by molar-refractivity contribution is 0.0740. The van der Waals surface area contributed by atoms with Gasteiger partial charge in [-0.2, -0.15) is 0 Å². The molecule has 1 saturated heterocycles. The van der Waals surface area contributed by atoms with E-state index in [1.165, 1.54) is 51.6 Å². The number of nitrogens with zero attached hydrogens (tertiary/aromatic N) is 1. The lowest BCUT2D eigenvalue weighted by Gasteiger charge is -2.44. The van der Waals surface area contributed by atoms with Crippen molar-refractivity contribution in [2.45, 2.75) is 70.5 Å². The molecule has 0 radical (unpaired) electrons. The molecule has 3 rings (SSSR count). The lowest BCUT2D eigenvalue weighted by atomic mass is 10.00. The van der Waals surface area contributed by atoms with Gasteiger partial charge in [-0.3, -0.25) is 4.90 Å². The molecular formula is C15H28N2. The van der Waals surface area contributed by atoms with E-state index in [0.717, 1.165) is 30.0 Å². The number of piperazine rings is 1. The number of nitrogens with one attached hydrogen (secondary N) is 1. The van der Waals surface area contributed by atoms with Gasteiger partial charge in [0.15, 0.2) is 0 Å². The summed E-state index contributed by atoms with van der Waals surface area (Å²) in [5.74, 6) is 1.97. The monoisotopic (exact) mass is 236 g/mol. The Labute approximate surface area is 106 Å². The molecule has 2 heteroatoms. The first-order chi connectivity index (χ1) is 8.28. The van der Waals surface area contributed by atoms with E-state index in [0.29, 0.717) is 0 Å². The van der Waals surface area contributed by atoms with Crippen LogP contribution in [0.1, 0.15) is 52.4 Å². The van der Waals surface area contributed by atoms with E-state index in [-0.39, 0.29) is 0 Å². The van der Waals surface area contributed by atoms with Crippen LogP contribution < -0.4 is 5.32 Å². The Balaban J connectivity index is 1.64. The molecule has 4 atom stereocenters. The van der Waals surface area contributed by atoms with Crippen LogP contribution in [0.25, 0.3) is 0 Å². The van der Waals surface area contributed by atoms with Crippen molar-refractivity contribution in [1.82, 2.24) is 10.2 Å². The third-order valence-electron chi connectivity index (χ3n) is 5.29. The first kappa shape index (κ1) is 12.0. The van der Waals surface area contributed by atoms with Crippen molar-refractivity contribution >= 4 is 0 Å². The van der Waals surface area contributed by atoms with Crippen molar-refractivity contribution in [3.8, 4) is 0 Å². The van der Waals surface area contributed by atoms with Gasteiger partial charge in [0.25, 0.3) is 0 Å². The lowest BCUT2D eigenvalue weighted by Crippen LogP contribution is -2.59. The Kier molecular flexibility index (Phi) is 3.45. The van der Waals surface area contributed by atoms with Crippen LogP contribution in [0, 0.1) is 11.8 Å². The zero-order valence-corrected chi connectivity index (χ0v) is 11.5. The zero-order valence-electron chi connectivity index (χ0n) is 11.5. The summed E-state index contributed by atoms with van der Waals surface area (Å²) in [4.78, 5) is 2.88.